The van der Waals surface area contributed by atoms with Crippen molar-refractivity contribution in [1.29, 1.82) is 0 Å². The molecule has 0 radical (unpaired) electrons. The van der Waals surface area contributed by atoms with Gasteiger partial charge in [-0.15, -0.1) is 0 Å². The van der Waals surface area contributed by atoms with Gasteiger partial charge in [0.15, 0.2) is 5.43 Å². The third kappa shape index (κ3) is 1.52. The minimum absolute atomic E-state index is 0.111. The summed E-state index contributed by atoms with van der Waals surface area (Å²) in [4.78, 5) is 11.5. The van der Waals surface area contributed by atoms with E-state index in [1.165, 1.54) is 14.2 Å². The molecule has 1 aromatic heterocycles. The van der Waals surface area contributed by atoms with Crippen molar-refractivity contribution < 1.29 is 13.9 Å². The summed E-state index contributed by atoms with van der Waals surface area (Å²) in [5.74, 6) is 0.403. The van der Waals surface area contributed by atoms with Crippen molar-refractivity contribution >= 4 is 0 Å². The van der Waals surface area contributed by atoms with Crippen LogP contribution in [0.4, 0.5) is 0 Å². The van der Waals surface area contributed by atoms with Crippen molar-refractivity contribution in [3.8, 4) is 11.9 Å². The van der Waals surface area contributed by atoms with E-state index in [0.717, 1.165) is 0 Å². The van der Waals surface area contributed by atoms with Gasteiger partial charge in [-0.25, -0.2) is 0 Å². The van der Waals surface area contributed by atoms with Gasteiger partial charge in [-0.1, -0.05) is 0 Å². The number of methoxy groups -OCH3 is 2. The van der Waals surface area contributed by atoms with E-state index in [1.807, 2.05) is 0 Å². The van der Waals surface area contributed by atoms with E-state index < -0.39 is 0 Å². The molecule has 0 N–H and O–H groups in total. The van der Waals surface area contributed by atoms with E-state index in [0.29, 0.717) is 11.1 Å². The first-order valence-corrected chi connectivity index (χ1v) is 3.84. The monoisotopic (exact) mass is 184 g/mol. The van der Waals surface area contributed by atoms with Crippen molar-refractivity contribution in [2.75, 3.05) is 14.2 Å². The Labute approximate surface area is 76.1 Å². The molecule has 1 heterocycles. The molecule has 0 fully saturated rings. The molecule has 0 saturated carbocycles. The molecule has 0 amide bonds. The average Bonchev–Trinajstić information content (AvgIpc) is 2.15. The smallest absolute Gasteiger partial charge is 0.293 e. The molecular formula is C9H12O4. The van der Waals surface area contributed by atoms with Crippen molar-refractivity contribution in [3.63, 3.8) is 0 Å². The Kier molecular flexibility index (Phi) is 2.60. The second kappa shape index (κ2) is 3.51. The zero-order valence-corrected chi connectivity index (χ0v) is 8.13. The molecule has 1 aromatic rings. The molecule has 0 spiro atoms. The Morgan fingerprint density at radius 3 is 1.69 bits per heavy atom. The lowest BCUT2D eigenvalue weighted by atomic mass is 10.2. The van der Waals surface area contributed by atoms with Crippen LogP contribution in [0, 0.1) is 13.8 Å². The van der Waals surface area contributed by atoms with Crippen LogP contribution in [-0.2, 0) is 0 Å². The van der Waals surface area contributed by atoms with Crippen LogP contribution in [0.5, 0.6) is 11.9 Å². The standard InChI is InChI=1S/C9H12O4/c1-5-7(10)6(2)9(12-4)13-8(5)11-3/h1-4H3. The first-order chi connectivity index (χ1) is 6.11. The summed E-state index contributed by atoms with van der Waals surface area (Å²) in [6.07, 6.45) is 0. The molecule has 0 saturated heterocycles. The molecule has 4 nitrogen and oxygen atoms in total. The Morgan fingerprint density at radius 1 is 1.00 bits per heavy atom. The summed E-state index contributed by atoms with van der Waals surface area (Å²) in [6.45, 7) is 3.30. The van der Waals surface area contributed by atoms with Crippen LogP contribution in [0.3, 0.4) is 0 Å². The van der Waals surface area contributed by atoms with Crippen LogP contribution in [0.15, 0.2) is 9.21 Å². The highest BCUT2D eigenvalue weighted by molar-refractivity contribution is 5.32. The van der Waals surface area contributed by atoms with Crippen LogP contribution in [-0.4, -0.2) is 14.2 Å². The van der Waals surface area contributed by atoms with E-state index >= 15 is 0 Å². The summed E-state index contributed by atoms with van der Waals surface area (Å²) >= 11 is 0. The summed E-state index contributed by atoms with van der Waals surface area (Å²) in [6, 6.07) is 0. The minimum Gasteiger partial charge on any atom is -0.468 e. The highest BCUT2D eigenvalue weighted by atomic mass is 16.6. The van der Waals surface area contributed by atoms with E-state index in [9.17, 15) is 4.79 Å². The van der Waals surface area contributed by atoms with Gasteiger partial charge in [-0.05, 0) is 13.8 Å². The van der Waals surface area contributed by atoms with Gasteiger partial charge < -0.3 is 13.9 Å². The molecule has 0 bridgehead atoms. The fourth-order valence-electron chi connectivity index (χ4n) is 1.09. The maximum atomic E-state index is 11.5. The van der Waals surface area contributed by atoms with E-state index in [1.54, 1.807) is 13.8 Å². The molecule has 0 atom stereocenters. The average molecular weight is 184 g/mol. The van der Waals surface area contributed by atoms with Crippen LogP contribution in [0.1, 0.15) is 11.1 Å². The molecule has 0 aromatic carbocycles. The molecule has 13 heavy (non-hydrogen) atoms. The summed E-state index contributed by atoms with van der Waals surface area (Å²) in [5, 5.41) is 0. The number of hydrogen-bond acceptors (Lipinski definition) is 4. The highest BCUT2D eigenvalue weighted by Gasteiger charge is 2.13. The second-order valence-electron chi connectivity index (χ2n) is 2.66. The van der Waals surface area contributed by atoms with Gasteiger partial charge >= 0.3 is 0 Å². The lowest BCUT2D eigenvalue weighted by molar-refractivity contribution is 0.227. The van der Waals surface area contributed by atoms with Crippen LogP contribution >= 0.6 is 0 Å². The molecule has 1 rings (SSSR count). The van der Waals surface area contributed by atoms with Crippen LogP contribution < -0.4 is 14.9 Å². The first-order valence-electron chi connectivity index (χ1n) is 3.84. The Bertz CT molecular complexity index is 333. The van der Waals surface area contributed by atoms with Crippen molar-refractivity contribution in [1.82, 2.24) is 0 Å². The summed E-state index contributed by atoms with van der Waals surface area (Å²) < 4.78 is 14.9. The Hall–Kier alpha value is -1.45. The molecule has 4 heteroatoms. The third-order valence-electron chi connectivity index (χ3n) is 1.85. The molecule has 72 valence electrons. The quantitative estimate of drug-likeness (QED) is 0.694. The number of hydrogen-bond donors (Lipinski definition) is 0. The van der Waals surface area contributed by atoms with Crippen LogP contribution in [0.2, 0.25) is 0 Å². The number of ether oxygens (including phenoxy) is 2. The Balaban J connectivity index is 3.46. The summed E-state index contributed by atoms with van der Waals surface area (Å²) in [5.41, 5.74) is 0.807. The first kappa shape index (κ1) is 9.64. The maximum absolute atomic E-state index is 11.5. The predicted octanol–water partition coefficient (Wildman–Crippen LogP) is 1.27. The largest absolute Gasteiger partial charge is 0.468 e. The van der Waals surface area contributed by atoms with Crippen molar-refractivity contribution in [2.45, 2.75) is 13.8 Å². The number of rotatable bonds is 2. The van der Waals surface area contributed by atoms with Crippen LogP contribution in [0.25, 0.3) is 0 Å². The van der Waals surface area contributed by atoms with Crippen molar-refractivity contribution in [2.24, 2.45) is 0 Å². The molecule has 0 aliphatic rings. The van der Waals surface area contributed by atoms with Gasteiger partial charge in [0, 0.05) is 0 Å². The highest BCUT2D eigenvalue weighted by Crippen LogP contribution is 2.23. The van der Waals surface area contributed by atoms with Gasteiger partial charge in [0.25, 0.3) is 11.9 Å². The van der Waals surface area contributed by atoms with Gasteiger partial charge in [0.2, 0.25) is 0 Å². The normalized spacial score (nSPS) is 9.85. The van der Waals surface area contributed by atoms with Crippen molar-refractivity contribution in [3.05, 3.63) is 21.4 Å². The molecule has 0 unspecified atom stereocenters. The second-order valence-corrected chi connectivity index (χ2v) is 2.66. The SMILES string of the molecule is COc1oc(OC)c(C)c(=O)c1C. The molecular weight excluding hydrogens is 172 g/mol. The van der Waals surface area contributed by atoms with Gasteiger partial charge in [-0.3, -0.25) is 4.79 Å². The Morgan fingerprint density at radius 2 is 1.38 bits per heavy atom. The fourth-order valence-corrected chi connectivity index (χ4v) is 1.09. The zero-order chi connectivity index (χ0) is 10.0. The van der Waals surface area contributed by atoms with Gasteiger partial charge in [0.05, 0.1) is 25.3 Å². The van der Waals surface area contributed by atoms with E-state index in [2.05, 4.69) is 0 Å². The third-order valence-corrected chi connectivity index (χ3v) is 1.85. The zero-order valence-electron chi connectivity index (χ0n) is 8.13. The fraction of sp³-hybridized carbons (Fsp3) is 0.444. The molecule has 0 aliphatic carbocycles. The minimum atomic E-state index is -0.111. The lowest BCUT2D eigenvalue weighted by Gasteiger charge is -2.06. The van der Waals surface area contributed by atoms with Gasteiger partial charge in [0.1, 0.15) is 0 Å². The predicted molar refractivity (Wildman–Crippen MR) is 47.6 cm³/mol. The van der Waals surface area contributed by atoms with Gasteiger partial charge in [-0.2, -0.15) is 0 Å². The summed E-state index contributed by atoms with van der Waals surface area (Å²) in [7, 11) is 2.89. The topological polar surface area (TPSA) is 48.7 Å². The maximum Gasteiger partial charge on any atom is 0.293 e. The van der Waals surface area contributed by atoms with E-state index in [-0.39, 0.29) is 17.3 Å². The lowest BCUT2D eigenvalue weighted by Crippen LogP contribution is -2.11. The molecule has 0 aliphatic heterocycles. The van der Waals surface area contributed by atoms with E-state index in [4.69, 9.17) is 13.9 Å².